The van der Waals surface area contributed by atoms with Crippen molar-refractivity contribution in [3.05, 3.63) is 30.4 Å². The van der Waals surface area contributed by atoms with Gasteiger partial charge in [-0.05, 0) is 19.3 Å². The molecule has 0 bridgehead atoms. The van der Waals surface area contributed by atoms with E-state index in [0.717, 1.165) is 44.1 Å². The molecule has 0 atom stereocenters. The maximum atomic E-state index is 12.1. The number of hydrogen-bond acceptors (Lipinski definition) is 6. The minimum Gasteiger partial charge on any atom is -0.353 e. The number of imidazole rings is 1. The number of hydroxylamine groups is 2. The fraction of sp³-hybridized carbons (Fsp3) is 0.647. The lowest BCUT2D eigenvalue weighted by Crippen LogP contribution is -2.44. The molecule has 2 fully saturated rings. The molecule has 1 aliphatic carbocycles. The summed E-state index contributed by atoms with van der Waals surface area (Å²) in [5.74, 6) is 2.37. The Kier molecular flexibility index (Phi) is 4.98. The Balaban J connectivity index is 1.23. The van der Waals surface area contributed by atoms with E-state index in [0.29, 0.717) is 25.4 Å². The van der Waals surface area contributed by atoms with Crippen LogP contribution in [0, 0.1) is 0 Å². The van der Waals surface area contributed by atoms with Crippen LogP contribution >= 0.6 is 0 Å². The van der Waals surface area contributed by atoms with Crippen molar-refractivity contribution in [2.75, 3.05) is 19.7 Å². The molecule has 2 aliphatic rings. The fourth-order valence-electron chi connectivity index (χ4n) is 3.56. The first kappa shape index (κ1) is 17.2. The van der Waals surface area contributed by atoms with E-state index in [2.05, 4.69) is 25.1 Å². The van der Waals surface area contributed by atoms with Crippen LogP contribution in [0.25, 0.3) is 0 Å². The van der Waals surface area contributed by atoms with Crippen LogP contribution in [-0.2, 0) is 23.2 Å². The van der Waals surface area contributed by atoms with Crippen molar-refractivity contribution in [1.82, 2.24) is 34.7 Å². The number of hydrogen-bond donors (Lipinski definition) is 1. The van der Waals surface area contributed by atoms with Gasteiger partial charge < -0.3 is 14.5 Å². The van der Waals surface area contributed by atoms with Crippen LogP contribution in [0.2, 0.25) is 0 Å². The number of aromatic nitrogens is 5. The van der Waals surface area contributed by atoms with E-state index < -0.39 is 0 Å². The van der Waals surface area contributed by atoms with E-state index in [1.54, 1.807) is 12.5 Å². The standard InChI is InChI=1S/C17H25N7O2/c1-22-15(11-23-7-4-18-12-23)20-21-17(22)13-9-14(10-13)19-16(25)3-6-24-5-2-8-26-24/h4,7,12-14H,2-3,5-6,8-11H2,1H3,(H,19,25). The molecular formula is C17H25N7O2. The van der Waals surface area contributed by atoms with E-state index in [1.165, 1.54) is 0 Å². The molecule has 1 saturated heterocycles. The smallest absolute Gasteiger partial charge is 0.221 e. The third-order valence-electron chi connectivity index (χ3n) is 5.16. The first-order chi connectivity index (χ1) is 12.7. The van der Waals surface area contributed by atoms with Gasteiger partial charge in [0.1, 0.15) is 5.82 Å². The van der Waals surface area contributed by atoms with Crippen LogP contribution in [0.3, 0.4) is 0 Å². The number of carbonyl (C=O) groups excluding carboxylic acids is 1. The molecule has 9 nitrogen and oxygen atoms in total. The zero-order valence-electron chi connectivity index (χ0n) is 15.0. The lowest BCUT2D eigenvalue weighted by molar-refractivity contribution is -0.131. The molecule has 140 valence electrons. The van der Waals surface area contributed by atoms with E-state index in [9.17, 15) is 4.79 Å². The van der Waals surface area contributed by atoms with Crippen molar-refractivity contribution in [3.8, 4) is 0 Å². The maximum absolute atomic E-state index is 12.1. The molecule has 26 heavy (non-hydrogen) atoms. The van der Waals surface area contributed by atoms with Crippen molar-refractivity contribution in [2.45, 2.75) is 44.2 Å². The Morgan fingerprint density at radius 2 is 2.27 bits per heavy atom. The first-order valence-electron chi connectivity index (χ1n) is 9.20. The average molecular weight is 359 g/mol. The predicted octanol–water partition coefficient (Wildman–Crippen LogP) is 0.450. The summed E-state index contributed by atoms with van der Waals surface area (Å²) in [6.45, 7) is 3.02. The summed E-state index contributed by atoms with van der Waals surface area (Å²) in [5, 5.41) is 13.7. The largest absolute Gasteiger partial charge is 0.353 e. The molecular weight excluding hydrogens is 334 g/mol. The summed E-state index contributed by atoms with van der Waals surface area (Å²) in [7, 11) is 2.00. The Morgan fingerprint density at radius 3 is 3.00 bits per heavy atom. The third kappa shape index (κ3) is 3.78. The molecule has 1 aliphatic heterocycles. The van der Waals surface area contributed by atoms with Gasteiger partial charge in [0.25, 0.3) is 0 Å². The van der Waals surface area contributed by atoms with Crippen molar-refractivity contribution in [2.24, 2.45) is 7.05 Å². The molecule has 2 aromatic heterocycles. The maximum Gasteiger partial charge on any atom is 0.221 e. The number of nitrogens with one attached hydrogen (secondary N) is 1. The van der Waals surface area contributed by atoms with Gasteiger partial charge in [-0.2, -0.15) is 5.06 Å². The minimum atomic E-state index is 0.0997. The Hall–Kier alpha value is -2.26. The number of nitrogens with zero attached hydrogens (tertiary/aromatic N) is 6. The Bertz CT molecular complexity index is 730. The quantitative estimate of drug-likeness (QED) is 0.772. The van der Waals surface area contributed by atoms with Crippen molar-refractivity contribution < 1.29 is 9.63 Å². The van der Waals surface area contributed by atoms with Gasteiger partial charge >= 0.3 is 0 Å². The van der Waals surface area contributed by atoms with Crippen LogP contribution < -0.4 is 5.32 Å². The number of carbonyl (C=O) groups is 1. The third-order valence-corrected chi connectivity index (χ3v) is 5.16. The SMILES string of the molecule is Cn1c(Cn2ccnc2)nnc1C1CC(NC(=O)CCN2CCCO2)C1. The first-order valence-corrected chi connectivity index (χ1v) is 9.20. The van der Waals surface area contributed by atoms with Crippen LogP contribution in [0.1, 0.15) is 43.3 Å². The summed E-state index contributed by atoms with van der Waals surface area (Å²) in [6, 6.07) is 0.237. The van der Waals surface area contributed by atoms with Crippen LogP contribution in [0.15, 0.2) is 18.7 Å². The average Bonchev–Trinajstić information content (AvgIpc) is 3.34. The zero-order chi connectivity index (χ0) is 17.9. The van der Waals surface area contributed by atoms with Gasteiger partial charge in [-0.25, -0.2) is 4.98 Å². The molecule has 9 heteroatoms. The van der Waals surface area contributed by atoms with Crippen molar-refractivity contribution >= 4 is 5.91 Å². The Morgan fingerprint density at radius 1 is 1.38 bits per heavy atom. The van der Waals surface area contributed by atoms with E-state index in [4.69, 9.17) is 4.84 Å². The van der Waals surface area contributed by atoms with E-state index >= 15 is 0 Å². The number of rotatable bonds is 7. The van der Waals surface area contributed by atoms with Crippen LogP contribution in [0.4, 0.5) is 0 Å². The predicted molar refractivity (Wildman–Crippen MR) is 93.0 cm³/mol. The summed E-state index contributed by atoms with van der Waals surface area (Å²) in [6.07, 6.45) is 8.82. The van der Waals surface area contributed by atoms with Gasteiger partial charge in [0.15, 0.2) is 5.82 Å². The van der Waals surface area contributed by atoms with Crippen molar-refractivity contribution in [3.63, 3.8) is 0 Å². The minimum absolute atomic E-state index is 0.0997. The highest BCUT2D eigenvalue weighted by atomic mass is 16.7. The lowest BCUT2D eigenvalue weighted by Gasteiger charge is -2.35. The molecule has 1 saturated carbocycles. The lowest BCUT2D eigenvalue weighted by atomic mass is 9.79. The van der Waals surface area contributed by atoms with Gasteiger partial charge in [0.05, 0.1) is 19.5 Å². The fourth-order valence-corrected chi connectivity index (χ4v) is 3.56. The van der Waals surface area contributed by atoms with Gasteiger partial charge in [-0.3, -0.25) is 9.63 Å². The highest BCUT2D eigenvalue weighted by molar-refractivity contribution is 5.76. The number of amides is 1. The second-order valence-corrected chi connectivity index (χ2v) is 7.07. The van der Waals surface area contributed by atoms with E-state index in [-0.39, 0.29) is 11.9 Å². The molecule has 0 aromatic carbocycles. The highest BCUT2D eigenvalue weighted by Gasteiger charge is 2.34. The zero-order valence-corrected chi connectivity index (χ0v) is 15.0. The van der Waals surface area contributed by atoms with Gasteiger partial charge in [0.2, 0.25) is 5.91 Å². The van der Waals surface area contributed by atoms with Crippen LogP contribution in [0.5, 0.6) is 0 Å². The Labute approximate surface area is 152 Å². The summed E-state index contributed by atoms with van der Waals surface area (Å²) >= 11 is 0. The summed E-state index contributed by atoms with van der Waals surface area (Å²) in [4.78, 5) is 21.5. The van der Waals surface area contributed by atoms with Gasteiger partial charge in [0, 0.05) is 50.9 Å². The molecule has 2 aromatic rings. The molecule has 1 N–H and O–H groups in total. The normalized spacial score (nSPS) is 23.1. The molecule has 0 unspecified atom stereocenters. The summed E-state index contributed by atoms with van der Waals surface area (Å²) < 4.78 is 4.04. The van der Waals surface area contributed by atoms with Crippen LogP contribution in [-0.4, -0.2) is 61.0 Å². The summed E-state index contributed by atoms with van der Waals surface area (Å²) in [5.41, 5.74) is 0. The topological polar surface area (TPSA) is 90.1 Å². The molecule has 3 heterocycles. The second kappa shape index (κ2) is 7.55. The molecule has 4 rings (SSSR count). The molecule has 0 spiro atoms. The van der Waals surface area contributed by atoms with Gasteiger partial charge in [-0.1, -0.05) is 0 Å². The van der Waals surface area contributed by atoms with Crippen molar-refractivity contribution in [1.29, 1.82) is 0 Å². The second-order valence-electron chi connectivity index (χ2n) is 7.07. The highest BCUT2D eigenvalue weighted by Crippen LogP contribution is 2.35. The molecule has 1 amide bonds. The van der Waals surface area contributed by atoms with E-state index in [1.807, 2.05) is 22.9 Å². The van der Waals surface area contributed by atoms with Gasteiger partial charge in [-0.15, -0.1) is 10.2 Å². The molecule has 0 radical (unpaired) electrons. The monoisotopic (exact) mass is 359 g/mol.